The first kappa shape index (κ1) is 17.0. The van der Waals surface area contributed by atoms with Gasteiger partial charge in [0.05, 0.1) is 22.5 Å². The van der Waals surface area contributed by atoms with Crippen molar-refractivity contribution < 1.29 is 4.79 Å². The Bertz CT molecular complexity index is 1160. The molecule has 4 aromatic rings. The molecule has 1 N–H and O–H groups in total. The molecular formula is C22H20N4O. The zero-order valence-corrected chi connectivity index (χ0v) is 15.5. The second-order valence-corrected chi connectivity index (χ2v) is 6.71. The van der Waals surface area contributed by atoms with Crippen LogP contribution in [0.4, 0.5) is 5.69 Å². The summed E-state index contributed by atoms with van der Waals surface area (Å²) in [6, 6.07) is 17.5. The van der Waals surface area contributed by atoms with Gasteiger partial charge in [0.15, 0.2) is 0 Å². The highest BCUT2D eigenvalue weighted by Crippen LogP contribution is 2.20. The lowest BCUT2D eigenvalue weighted by atomic mass is 10.1. The van der Waals surface area contributed by atoms with E-state index in [-0.39, 0.29) is 5.91 Å². The number of amides is 1. The van der Waals surface area contributed by atoms with E-state index in [0.29, 0.717) is 11.3 Å². The van der Waals surface area contributed by atoms with Gasteiger partial charge in [0, 0.05) is 23.0 Å². The Hall–Kier alpha value is -3.47. The number of pyridine rings is 1. The third-order valence-corrected chi connectivity index (χ3v) is 4.59. The first-order valence-electron chi connectivity index (χ1n) is 8.82. The quantitative estimate of drug-likeness (QED) is 0.584. The predicted octanol–water partition coefficient (Wildman–Crippen LogP) is 4.60. The molecule has 4 rings (SSSR count). The number of aryl methyl sites for hydroxylation is 3. The first-order valence-corrected chi connectivity index (χ1v) is 8.82. The van der Waals surface area contributed by atoms with Crippen molar-refractivity contribution in [3.05, 3.63) is 83.3 Å². The number of carbonyl (C=O) groups excluding carboxylic acids is 1. The predicted molar refractivity (Wildman–Crippen MR) is 107 cm³/mol. The maximum atomic E-state index is 12.9. The zero-order valence-electron chi connectivity index (χ0n) is 15.5. The molecule has 2 aromatic carbocycles. The maximum absolute atomic E-state index is 12.9. The molecule has 0 aliphatic rings. The molecule has 2 aromatic heterocycles. The van der Waals surface area contributed by atoms with Gasteiger partial charge in [0.1, 0.15) is 0 Å². The summed E-state index contributed by atoms with van der Waals surface area (Å²) < 4.78 is 1.83. The van der Waals surface area contributed by atoms with Crippen LogP contribution in [0.25, 0.3) is 16.6 Å². The van der Waals surface area contributed by atoms with E-state index < -0.39 is 0 Å². The van der Waals surface area contributed by atoms with E-state index in [1.54, 1.807) is 6.20 Å². The lowest BCUT2D eigenvalue weighted by molar-refractivity contribution is 0.102. The van der Waals surface area contributed by atoms with Gasteiger partial charge in [0.25, 0.3) is 5.91 Å². The van der Waals surface area contributed by atoms with Gasteiger partial charge >= 0.3 is 0 Å². The molecular weight excluding hydrogens is 336 g/mol. The molecule has 0 spiro atoms. The normalized spacial score (nSPS) is 10.9. The Morgan fingerprint density at radius 1 is 1.00 bits per heavy atom. The molecule has 0 atom stereocenters. The number of hydrogen-bond donors (Lipinski definition) is 1. The summed E-state index contributed by atoms with van der Waals surface area (Å²) in [4.78, 5) is 17.4. The van der Waals surface area contributed by atoms with Crippen molar-refractivity contribution in [2.24, 2.45) is 0 Å². The van der Waals surface area contributed by atoms with Crippen LogP contribution in [0, 0.1) is 20.8 Å². The van der Waals surface area contributed by atoms with Gasteiger partial charge in [-0.1, -0.05) is 17.7 Å². The van der Waals surface area contributed by atoms with Crippen LogP contribution in [-0.4, -0.2) is 20.7 Å². The fourth-order valence-electron chi connectivity index (χ4n) is 3.18. The van der Waals surface area contributed by atoms with Crippen LogP contribution in [0.2, 0.25) is 0 Å². The zero-order chi connectivity index (χ0) is 19.0. The monoisotopic (exact) mass is 356 g/mol. The first-order chi connectivity index (χ1) is 13.0. The highest BCUT2D eigenvalue weighted by molar-refractivity contribution is 6.06. The average molecular weight is 356 g/mol. The molecule has 0 fully saturated rings. The van der Waals surface area contributed by atoms with E-state index in [4.69, 9.17) is 0 Å². The number of fused-ring (bicyclic) bond motifs is 1. The fourth-order valence-corrected chi connectivity index (χ4v) is 3.18. The molecule has 5 heteroatoms. The van der Waals surface area contributed by atoms with E-state index in [1.807, 2.05) is 80.1 Å². The second kappa shape index (κ2) is 6.68. The summed E-state index contributed by atoms with van der Waals surface area (Å²) in [6.07, 6.45) is 1.76. The van der Waals surface area contributed by atoms with Crippen molar-refractivity contribution in [1.82, 2.24) is 14.8 Å². The van der Waals surface area contributed by atoms with Gasteiger partial charge in [-0.2, -0.15) is 5.10 Å². The summed E-state index contributed by atoms with van der Waals surface area (Å²) in [5.74, 6) is -0.169. The number of nitrogens with one attached hydrogen (secondary N) is 1. The van der Waals surface area contributed by atoms with Crippen LogP contribution in [-0.2, 0) is 0 Å². The molecule has 27 heavy (non-hydrogen) atoms. The molecule has 0 saturated carbocycles. The summed E-state index contributed by atoms with van der Waals surface area (Å²) in [6.45, 7) is 5.88. The fraction of sp³-hybridized carbons (Fsp3) is 0.136. The van der Waals surface area contributed by atoms with E-state index in [9.17, 15) is 4.79 Å². The third-order valence-electron chi connectivity index (χ3n) is 4.59. The van der Waals surface area contributed by atoms with Crippen molar-refractivity contribution in [1.29, 1.82) is 0 Å². The van der Waals surface area contributed by atoms with E-state index in [2.05, 4.69) is 15.4 Å². The van der Waals surface area contributed by atoms with E-state index in [1.165, 1.54) is 0 Å². The van der Waals surface area contributed by atoms with Crippen molar-refractivity contribution in [2.45, 2.75) is 20.8 Å². The summed E-state index contributed by atoms with van der Waals surface area (Å²) in [5, 5.41) is 8.26. The minimum atomic E-state index is -0.169. The van der Waals surface area contributed by atoms with Crippen LogP contribution >= 0.6 is 0 Å². The SMILES string of the molecule is Cc1ccc2nc(C)c(C(=O)Nc3cccc(-n4nccc4C)c3)cc2c1. The molecule has 0 aliphatic carbocycles. The van der Waals surface area contributed by atoms with E-state index >= 15 is 0 Å². The molecule has 0 unspecified atom stereocenters. The highest BCUT2D eigenvalue weighted by atomic mass is 16.1. The van der Waals surface area contributed by atoms with Crippen LogP contribution in [0.15, 0.2) is 60.8 Å². The third kappa shape index (κ3) is 3.31. The van der Waals surface area contributed by atoms with Crippen molar-refractivity contribution in [2.75, 3.05) is 5.32 Å². The van der Waals surface area contributed by atoms with Crippen molar-refractivity contribution in [3.63, 3.8) is 0 Å². The number of rotatable bonds is 3. The maximum Gasteiger partial charge on any atom is 0.257 e. The number of aromatic nitrogens is 3. The Balaban J connectivity index is 1.66. The van der Waals surface area contributed by atoms with Gasteiger partial charge in [-0.15, -0.1) is 0 Å². The standard InChI is InChI=1S/C22H20N4O/c1-14-7-8-21-17(11-14)12-20(16(3)24-21)22(27)25-18-5-4-6-19(13-18)26-15(2)9-10-23-26/h4-13H,1-3H3,(H,25,27). The molecule has 0 saturated heterocycles. The average Bonchev–Trinajstić information content (AvgIpc) is 3.07. The molecule has 0 aliphatic heterocycles. The van der Waals surface area contributed by atoms with Gasteiger partial charge in [0.2, 0.25) is 0 Å². The topological polar surface area (TPSA) is 59.8 Å². The lowest BCUT2D eigenvalue weighted by Crippen LogP contribution is -2.14. The van der Waals surface area contributed by atoms with Crippen LogP contribution < -0.4 is 5.32 Å². The van der Waals surface area contributed by atoms with Gasteiger partial charge in [-0.05, 0) is 63.2 Å². The van der Waals surface area contributed by atoms with Gasteiger partial charge in [-0.3, -0.25) is 9.78 Å². The molecule has 0 bridgehead atoms. The Labute approximate surface area is 157 Å². The Kier molecular flexibility index (Phi) is 4.20. The Morgan fingerprint density at radius 3 is 2.63 bits per heavy atom. The van der Waals surface area contributed by atoms with Gasteiger partial charge in [-0.25, -0.2) is 4.68 Å². The molecule has 1 amide bonds. The Morgan fingerprint density at radius 2 is 1.85 bits per heavy atom. The summed E-state index contributed by atoms with van der Waals surface area (Å²) in [7, 11) is 0. The van der Waals surface area contributed by atoms with Crippen LogP contribution in [0.3, 0.4) is 0 Å². The second-order valence-electron chi connectivity index (χ2n) is 6.71. The number of benzene rings is 2. The molecule has 5 nitrogen and oxygen atoms in total. The molecule has 134 valence electrons. The smallest absolute Gasteiger partial charge is 0.257 e. The van der Waals surface area contributed by atoms with Crippen molar-refractivity contribution >= 4 is 22.5 Å². The molecule has 2 heterocycles. The minimum absolute atomic E-state index is 0.169. The minimum Gasteiger partial charge on any atom is -0.322 e. The largest absolute Gasteiger partial charge is 0.322 e. The number of hydrogen-bond acceptors (Lipinski definition) is 3. The summed E-state index contributed by atoms with van der Waals surface area (Å²) >= 11 is 0. The summed E-state index contributed by atoms with van der Waals surface area (Å²) in [5.41, 5.74) is 5.98. The highest BCUT2D eigenvalue weighted by Gasteiger charge is 2.13. The lowest BCUT2D eigenvalue weighted by Gasteiger charge is -2.11. The van der Waals surface area contributed by atoms with E-state index in [0.717, 1.165) is 33.5 Å². The van der Waals surface area contributed by atoms with Crippen LogP contribution in [0.5, 0.6) is 0 Å². The van der Waals surface area contributed by atoms with Crippen molar-refractivity contribution in [3.8, 4) is 5.69 Å². The number of anilines is 1. The molecule has 0 radical (unpaired) electrons. The van der Waals surface area contributed by atoms with Crippen LogP contribution in [0.1, 0.15) is 27.3 Å². The number of carbonyl (C=O) groups is 1. The number of nitrogens with zero attached hydrogens (tertiary/aromatic N) is 3. The van der Waals surface area contributed by atoms with Gasteiger partial charge < -0.3 is 5.32 Å².